The van der Waals surface area contributed by atoms with Crippen LogP contribution in [-0.2, 0) is 4.79 Å². The van der Waals surface area contributed by atoms with Gasteiger partial charge in [0.2, 0.25) is 5.91 Å². The molecule has 302 valence electrons. The van der Waals surface area contributed by atoms with Crippen molar-refractivity contribution in [1.29, 1.82) is 0 Å². The van der Waals surface area contributed by atoms with Crippen molar-refractivity contribution in [3.05, 3.63) is 24.3 Å². The number of allylic oxidation sites excluding steroid dienone is 4. The number of amides is 1. The minimum atomic E-state index is -1.26. The van der Waals surface area contributed by atoms with E-state index in [1.807, 2.05) is 0 Å². The molecule has 0 fully saturated rings. The fourth-order valence-electron chi connectivity index (χ4n) is 6.85. The smallest absolute Gasteiger partial charge is 0.249 e. The van der Waals surface area contributed by atoms with Gasteiger partial charge in [0.15, 0.2) is 0 Å². The zero-order valence-electron chi connectivity index (χ0n) is 33.9. The first-order valence-electron chi connectivity index (χ1n) is 22.2. The summed E-state index contributed by atoms with van der Waals surface area (Å²) in [6.45, 7) is 4.03. The predicted molar refractivity (Wildman–Crippen MR) is 219 cm³/mol. The van der Waals surface area contributed by atoms with Crippen LogP contribution in [0.15, 0.2) is 24.3 Å². The molecule has 0 aromatic carbocycles. The van der Waals surface area contributed by atoms with E-state index in [1.54, 1.807) is 0 Å². The summed E-state index contributed by atoms with van der Waals surface area (Å²) in [6, 6.07) is -0.985. The molecule has 6 nitrogen and oxygen atoms in total. The molecule has 4 atom stereocenters. The third-order valence-electron chi connectivity index (χ3n) is 10.4. The first-order chi connectivity index (χ1) is 25.0. The number of aliphatic hydroxyl groups is 4. The van der Waals surface area contributed by atoms with Crippen molar-refractivity contribution in [2.75, 3.05) is 6.61 Å². The Balaban J connectivity index is 3.70. The van der Waals surface area contributed by atoms with E-state index in [0.29, 0.717) is 12.8 Å². The average molecular weight is 722 g/mol. The van der Waals surface area contributed by atoms with E-state index >= 15 is 0 Å². The lowest BCUT2D eigenvalue weighted by molar-refractivity contribution is -0.132. The van der Waals surface area contributed by atoms with Gasteiger partial charge in [-0.15, -0.1) is 0 Å². The Morgan fingerprint density at radius 2 is 0.843 bits per heavy atom. The maximum atomic E-state index is 12.5. The van der Waals surface area contributed by atoms with E-state index < -0.39 is 36.9 Å². The van der Waals surface area contributed by atoms with Gasteiger partial charge in [0.05, 0.1) is 18.8 Å². The first-order valence-corrected chi connectivity index (χ1v) is 22.2. The van der Waals surface area contributed by atoms with Crippen LogP contribution >= 0.6 is 0 Å². The van der Waals surface area contributed by atoms with Gasteiger partial charge in [-0.05, 0) is 44.9 Å². The molecule has 0 spiro atoms. The van der Waals surface area contributed by atoms with E-state index in [1.165, 1.54) is 154 Å². The Bertz CT molecular complexity index is 772. The van der Waals surface area contributed by atoms with Crippen LogP contribution in [0.1, 0.15) is 226 Å². The summed E-state index contributed by atoms with van der Waals surface area (Å²) in [4.78, 5) is 12.5. The second-order valence-corrected chi connectivity index (χ2v) is 15.4. The summed E-state index contributed by atoms with van der Waals surface area (Å²) in [5, 5.41) is 43.6. The Labute approximate surface area is 316 Å². The Kier molecular flexibility index (Phi) is 39.0. The molecule has 0 aromatic rings. The van der Waals surface area contributed by atoms with Crippen LogP contribution in [-0.4, -0.2) is 57.3 Å². The average Bonchev–Trinajstić information content (AvgIpc) is 3.13. The number of hydrogen-bond acceptors (Lipinski definition) is 5. The van der Waals surface area contributed by atoms with Crippen LogP contribution in [0.25, 0.3) is 0 Å². The predicted octanol–water partition coefficient (Wildman–Crippen LogP) is 11.6. The third-order valence-corrected chi connectivity index (χ3v) is 10.4. The van der Waals surface area contributed by atoms with Crippen molar-refractivity contribution in [2.24, 2.45) is 0 Å². The highest BCUT2D eigenvalue weighted by atomic mass is 16.3. The largest absolute Gasteiger partial charge is 0.394 e. The van der Waals surface area contributed by atoms with Crippen molar-refractivity contribution in [2.45, 2.75) is 250 Å². The van der Waals surface area contributed by atoms with Gasteiger partial charge in [0.1, 0.15) is 12.2 Å². The van der Waals surface area contributed by atoms with Gasteiger partial charge in [-0.1, -0.05) is 205 Å². The number of carbonyl (C=O) groups excluding carboxylic acids is 1. The summed E-state index contributed by atoms with van der Waals surface area (Å²) in [5.41, 5.74) is 0. The molecule has 0 aliphatic rings. The lowest BCUT2D eigenvalue weighted by atomic mass is 9.99. The molecule has 0 heterocycles. The molecule has 0 saturated carbocycles. The summed E-state index contributed by atoms with van der Waals surface area (Å²) >= 11 is 0. The minimum absolute atomic E-state index is 0.363. The van der Waals surface area contributed by atoms with Crippen molar-refractivity contribution in [1.82, 2.24) is 5.32 Å². The van der Waals surface area contributed by atoms with Crippen LogP contribution in [0.2, 0.25) is 0 Å². The van der Waals surface area contributed by atoms with Crippen molar-refractivity contribution >= 4 is 5.91 Å². The van der Waals surface area contributed by atoms with Crippen molar-refractivity contribution in [3.8, 4) is 0 Å². The lowest BCUT2D eigenvalue weighted by Gasteiger charge is -2.27. The fourth-order valence-corrected chi connectivity index (χ4v) is 6.85. The SMILES string of the molecule is CCCCCCCCCCC/C=C\C/C=C\CCCCCCCCCCC(O)C(=O)NC(CO)C(O)C(O)CCCCCCCCCCCCC. The number of unbranched alkanes of at least 4 members (excludes halogenated alkanes) is 27. The van der Waals surface area contributed by atoms with Gasteiger partial charge >= 0.3 is 0 Å². The number of hydrogen-bond donors (Lipinski definition) is 5. The molecular weight excluding hydrogens is 634 g/mol. The van der Waals surface area contributed by atoms with E-state index in [0.717, 1.165) is 44.9 Å². The normalized spacial score (nSPS) is 14.4. The van der Waals surface area contributed by atoms with E-state index in [-0.39, 0.29) is 0 Å². The minimum Gasteiger partial charge on any atom is -0.394 e. The van der Waals surface area contributed by atoms with Crippen LogP contribution in [0.3, 0.4) is 0 Å². The monoisotopic (exact) mass is 722 g/mol. The summed E-state index contributed by atoms with van der Waals surface area (Å²) in [6.07, 6.45) is 45.0. The van der Waals surface area contributed by atoms with Crippen LogP contribution in [0.5, 0.6) is 0 Å². The summed E-state index contributed by atoms with van der Waals surface area (Å²) in [5.74, 6) is -0.589. The second kappa shape index (κ2) is 40.0. The maximum absolute atomic E-state index is 12.5. The molecule has 6 heteroatoms. The molecule has 4 unspecified atom stereocenters. The van der Waals surface area contributed by atoms with Crippen LogP contribution < -0.4 is 5.32 Å². The molecule has 51 heavy (non-hydrogen) atoms. The van der Waals surface area contributed by atoms with Crippen LogP contribution in [0.4, 0.5) is 0 Å². The molecule has 0 bridgehead atoms. The van der Waals surface area contributed by atoms with Gasteiger partial charge in [0.25, 0.3) is 0 Å². The quantitative estimate of drug-likeness (QED) is 0.0320. The zero-order valence-corrected chi connectivity index (χ0v) is 33.9. The molecule has 0 aliphatic carbocycles. The number of aliphatic hydroxyl groups excluding tert-OH is 4. The van der Waals surface area contributed by atoms with Gasteiger partial charge in [0, 0.05) is 0 Å². The number of nitrogens with one attached hydrogen (secondary N) is 1. The fraction of sp³-hybridized carbons (Fsp3) is 0.889. The molecule has 0 saturated heterocycles. The Morgan fingerprint density at radius 1 is 0.490 bits per heavy atom. The summed E-state index contributed by atoms with van der Waals surface area (Å²) < 4.78 is 0. The van der Waals surface area contributed by atoms with Gasteiger partial charge in [-0.3, -0.25) is 4.79 Å². The highest BCUT2D eigenvalue weighted by Crippen LogP contribution is 2.16. The van der Waals surface area contributed by atoms with E-state index in [2.05, 4.69) is 43.5 Å². The Hall–Kier alpha value is -1.21. The number of carbonyl (C=O) groups is 1. The maximum Gasteiger partial charge on any atom is 0.249 e. The molecule has 0 aromatic heterocycles. The third kappa shape index (κ3) is 34.3. The van der Waals surface area contributed by atoms with Gasteiger partial charge < -0.3 is 25.7 Å². The van der Waals surface area contributed by atoms with Crippen molar-refractivity contribution in [3.63, 3.8) is 0 Å². The lowest BCUT2D eigenvalue weighted by Crippen LogP contribution is -2.53. The standard InChI is InChI=1S/C45H87NO5/c1-3-5-7-9-11-13-15-16-17-18-19-20-21-22-23-24-25-26-27-29-31-33-35-37-39-43(49)45(51)46-41(40-47)44(50)42(48)38-36-34-32-30-28-14-12-10-8-6-4-2/h19-20,22-23,41-44,47-50H,3-18,21,24-40H2,1-2H3,(H,46,51)/b20-19-,23-22-. The molecular formula is C45H87NO5. The van der Waals surface area contributed by atoms with Crippen LogP contribution in [0, 0.1) is 0 Å². The highest BCUT2D eigenvalue weighted by molar-refractivity contribution is 5.80. The topological polar surface area (TPSA) is 110 Å². The molecule has 5 N–H and O–H groups in total. The highest BCUT2D eigenvalue weighted by Gasteiger charge is 2.28. The molecule has 1 amide bonds. The zero-order chi connectivity index (χ0) is 37.5. The summed E-state index contributed by atoms with van der Waals surface area (Å²) in [7, 11) is 0. The second-order valence-electron chi connectivity index (χ2n) is 15.4. The van der Waals surface area contributed by atoms with E-state index in [4.69, 9.17) is 0 Å². The van der Waals surface area contributed by atoms with Crippen molar-refractivity contribution < 1.29 is 25.2 Å². The first kappa shape index (κ1) is 49.8. The molecule has 0 rings (SSSR count). The van der Waals surface area contributed by atoms with Gasteiger partial charge in [-0.25, -0.2) is 0 Å². The number of rotatable bonds is 40. The van der Waals surface area contributed by atoms with E-state index in [9.17, 15) is 25.2 Å². The molecule has 0 aliphatic heterocycles. The Morgan fingerprint density at radius 3 is 1.24 bits per heavy atom. The van der Waals surface area contributed by atoms with Gasteiger partial charge in [-0.2, -0.15) is 0 Å². The molecule has 0 radical (unpaired) electrons.